The lowest BCUT2D eigenvalue weighted by atomic mass is 9.95. The third kappa shape index (κ3) is 2.99. The van der Waals surface area contributed by atoms with Crippen LogP contribution in [-0.4, -0.2) is 11.7 Å². The number of nitrogens with zero attached hydrogens (tertiary/aromatic N) is 2. The van der Waals surface area contributed by atoms with E-state index in [1.807, 2.05) is 6.07 Å². The molecular weight excluding hydrogens is 355 g/mol. The number of aryl methyl sites for hydroxylation is 1. The molecular formula is C18H13F5N2O. The van der Waals surface area contributed by atoms with E-state index >= 15 is 0 Å². The first kappa shape index (κ1) is 18.1. The topological polar surface area (TPSA) is 47.3 Å². The zero-order valence-corrected chi connectivity index (χ0v) is 13.4. The zero-order chi connectivity index (χ0) is 19.1. The van der Waals surface area contributed by atoms with E-state index in [1.54, 1.807) is 0 Å². The second-order valence-electron chi connectivity index (χ2n) is 5.91. The van der Waals surface area contributed by atoms with Gasteiger partial charge in [0.05, 0.1) is 23.4 Å². The van der Waals surface area contributed by atoms with Gasteiger partial charge in [-0.25, -0.2) is 8.78 Å². The number of rotatable bonds is 2. The minimum atomic E-state index is -4.90. The molecule has 0 radical (unpaired) electrons. The van der Waals surface area contributed by atoms with Crippen molar-refractivity contribution in [2.75, 3.05) is 11.4 Å². The molecule has 0 bridgehead atoms. The van der Waals surface area contributed by atoms with E-state index in [1.165, 1.54) is 11.0 Å². The summed E-state index contributed by atoms with van der Waals surface area (Å²) < 4.78 is 66.8. The Kier molecular flexibility index (Phi) is 4.59. The maximum Gasteiger partial charge on any atom is 0.419 e. The van der Waals surface area contributed by atoms with Crippen molar-refractivity contribution >= 4 is 11.4 Å². The molecule has 0 aliphatic carbocycles. The molecule has 0 aromatic heterocycles. The van der Waals surface area contributed by atoms with Gasteiger partial charge in [0.15, 0.2) is 0 Å². The van der Waals surface area contributed by atoms with E-state index in [0.29, 0.717) is 36.7 Å². The minimum Gasteiger partial charge on any atom is -0.391 e. The van der Waals surface area contributed by atoms with Gasteiger partial charge in [0.25, 0.3) is 0 Å². The van der Waals surface area contributed by atoms with Crippen LogP contribution in [0.5, 0.6) is 0 Å². The van der Waals surface area contributed by atoms with Crippen molar-refractivity contribution in [3.63, 3.8) is 0 Å². The quantitative estimate of drug-likeness (QED) is 0.798. The molecule has 0 saturated heterocycles. The number of aliphatic hydroxyl groups excluding tert-OH is 1. The zero-order valence-electron chi connectivity index (χ0n) is 13.4. The maximum absolute atomic E-state index is 14.4. The van der Waals surface area contributed by atoms with Crippen molar-refractivity contribution < 1.29 is 27.1 Å². The highest BCUT2D eigenvalue weighted by molar-refractivity contribution is 5.76. The fourth-order valence-electron chi connectivity index (χ4n) is 3.26. The molecule has 1 N–H and O–H groups in total. The molecule has 1 aliphatic heterocycles. The van der Waals surface area contributed by atoms with Crippen molar-refractivity contribution in [2.45, 2.75) is 25.6 Å². The van der Waals surface area contributed by atoms with E-state index < -0.39 is 35.5 Å². The lowest BCUT2D eigenvalue weighted by Gasteiger charge is -2.34. The summed E-state index contributed by atoms with van der Waals surface area (Å²) >= 11 is 0. The first-order valence-electron chi connectivity index (χ1n) is 7.77. The highest BCUT2D eigenvalue weighted by Gasteiger charge is 2.36. The monoisotopic (exact) mass is 368 g/mol. The van der Waals surface area contributed by atoms with E-state index in [9.17, 15) is 32.3 Å². The number of fused-ring (bicyclic) bond motifs is 1. The number of aliphatic hydroxyl groups is 1. The molecule has 8 heteroatoms. The normalized spacial score (nSPS) is 14.1. The first-order chi connectivity index (χ1) is 12.3. The van der Waals surface area contributed by atoms with Crippen LogP contribution in [0.2, 0.25) is 0 Å². The Labute approximate surface area is 145 Å². The second kappa shape index (κ2) is 6.57. The van der Waals surface area contributed by atoms with Crippen LogP contribution < -0.4 is 4.90 Å². The molecule has 26 heavy (non-hydrogen) atoms. The largest absolute Gasteiger partial charge is 0.419 e. The minimum absolute atomic E-state index is 0.00361. The smallest absolute Gasteiger partial charge is 0.391 e. The number of benzene rings is 2. The molecule has 2 aromatic carbocycles. The van der Waals surface area contributed by atoms with Gasteiger partial charge in [-0.15, -0.1) is 0 Å². The first-order valence-corrected chi connectivity index (χ1v) is 7.77. The van der Waals surface area contributed by atoms with E-state index in [4.69, 9.17) is 0 Å². The van der Waals surface area contributed by atoms with Crippen LogP contribution in [0.25, 0.3) is 0 Å². The van der Waals surface area contributed by atoms with Gasteiger partial charge in [0.1, 0.15) is 17.7 Å². The molecule has 0 unspecified atom stereocenters. The highest BCUT2D eigenvalue weighted by Crippen LogP contribution is 2.41. The third-order valence-electron chi connectivity index (χ3n) is 4.34. The molecule has 0 saturated carbocycles. The average molecular weight is 368 g/mol. The summed E-state index contributed by atoms with van der Waals surface area (Å²) in [6.07, 6.45) is -3.88. The van der Waals surface area contributed by atoms with Crippen molar-refractivity contribution in [2.24, 2.45) is 0 Å². The number of anilines is 2. The number of hydrogen-bond acceptors (Lipinski definition) is 3. The van der Waals surface area contributed by atoms with Crippen molar-refractivity contribution in [1.29, 1.82) is 5.26 Å². The van der Waals surface area contributed by atoms with Crippen LogP contribution in [0.4, 0.5) is 33.3 Å². The van der Waals surface area contributed by atoms with Crippen LogP contribution in [0.15, 0.2) is 24.3 Å². The second-order valence-corrected chi connectivity index (χ2v) is 5.91. The number of nitriles is 1. The van der Waals surface area contributed by atoms with Crippen LogP contribution in [0, 0.1) is 23.0 Å². The Morgan fingerprint density at radius 3 is 2.54 bits per heavy atom. The summed E-state index contributed by atoms with van der Waals surface area (Å²) in [6, 6.07) is 5.81. The molecule has 3 nitrogen and oxygen atoms in total. The highest BCUT2D eigenvalue weighted by atomic mass is 19.4. The Morgan fingerprint density at radius 1 is 1.19 bits per heavy atom. The number of halogens is 5. The van der Waals surface area contributed by atoms with E-state index in [0.717, 1.165) is 12.1 Å². The summed E-state index contributed by atoms with van der Waals surface area (Å²) in [4.78, 5) is 1.46. The molecule has 0 amide bonds. The van der Waals surface area contributed by atoms with Gasteiger partial charge in [-0.3, -0.25) is 0 Å². The van der Waals surface area contributed by atoms with Crippen LogP contribution >= 0.6 is 0 Å². The molecule has 0 atom stereocenters. The summed E-state index contributed by atoms with van der Waals surface area (Å²) in [6.45, 7) is -0.648. The maximum atomic E-state index is 14.4. The fraction of sp³-hybridized carbons (Fsp3) is 0.278. The van der Waals surface area contributed by atoms with E-state index in [2.05, 4.69) is 0 Å². The van der Waals surface area contributed by atoms with Gasteiger partial charge in [-0.05, 0) is 42.7 Å². The molecule has 0 spiro atoms. The predicted octanol–water partition coefficient (Wildman–Crippen LogP) is 4.43. The van der Waals surface area contributed by atoms with Crippen LogP contribution in [-0.2, 0) is 19.2 Å². The van der Waals surface area contributed by atoms with Crippen molar-refractivity contribution in [3.8, 4) is 6.07 Å². The van der Waals surface area contributed by atoms with Gasteiger partial charge in [0, 0.05) is 17.8 Å². The summed E-state index contributed by atoms with van der Waals surface area (Å²) in [5.41, 5.74) is -1.11. The summed E-state index contributed by atoms with van der Waals surface area (Å²) in [5, 5.41) is 18.8. The Morgan fingerprint density at radius 2 is 1.92 bits per heavy atom. The Hall–Kier alpha value is -2.66. The molecule has 136 valence electrons. The van der Waals surface area contributed by atoms with Gasteiger partial charge in [-0.1, -0.05) is 0 Å². The van der Waals surface area contributed by atoms with Crippen LogP contribution in [0.3, 0.4) is 0 Å². The van der Waals surface area contributed by atoms with Gasteiger partial charge in [0.2, 0.25) is 0 Å². The number of hydrogen-bond donors (Lipinski definition) is 1. The Bertz CT molecular complexity index is 902. The lowest BCUT2D eigenvalue weighted by molar-refractivity contribution is -0.140. The van der Waals surface area contributed by atoms with Gasteiger partial charge in [-0.2, -0.15) is 18.4 Å². The van der Waals surface area contributed by atoms with Gasteiger partial charge >= 0.3 is 6.18 Å². The van der Waals surface area contributed by atoms with Crippen molar-refractivity contribution in [3.05, 3.63) is 58.2 Å². The summed E-state index contributed by atoms with van der Waals surface area (Å²) in [7, 11) is 0. The SMILES string of the molecule is N#Cc1cc(F)cc2c1N(c1ccc(C(F)(F)F)c(F)c1CO)CCC2. The van der Waals surface area contributed by atoms with E-state index in [-0.39, 0.29) is 11.3 Å². The van der Waals surface area contributed by atoms with Gasteiger partial charge < -0.3 is 10.0 Å². The van der Waals surface area contributed by atoms with Crippen molar-refractivity contribution in [1.82, 2.24) is 0 Å². The summed E-state index contributed by atoms with van der Waals surface area (Å²) in [5.74, 6) is -2.15. The standard InChI is InChI=1S/C18H13F5N2O/c19-12-6-10-2-1-5-25(17(10)11(7-12)8-24)15-4-3-14(18(21,22)23)16(20)13(15)9-26/h3-4,6-7,26H,1-2,5,9H2. The lowest BCUT2D eigenvalue weighted by Crippen LogP contribution is -2.27. The molecule has 1 heterocycles. The third-order valence-corrected chi connectivity index (χ3v) is 4.34. The average Bonchev–Trinajstić information content (AvgIpc) is 2.58. The molecule has 3 rings (SSSR count). The molecule has 0 fully saturated rings. The molecule has 2 aromatic rings. The molecule has 1 aliphatic rings. The predicted molar refractivity (Wildman–Crippen MR) is 83.8 cm³/mol. The Balaban J connectivity index is 2.22. The van der Waals surface area contributed by atoms with Crippen LogP contribution in [0.1, 0.15) is 28.7 Å². The number of alkyl halides is 3. The fourth-order valence-corrected chi connectivity index (χ4v) is 3.26.